The molecule has 108 valence electrons. The van der Waals surface area contributed by atoms with Gasteiger partial charge in [0.05, 0.1) is 6.61 Å². The molecule has 0 spiro atoms. The quantitative estimate of drug-likeness (QED) is 0.811. The van der Waals surface area contributed by atoms with Gasteiger partial charge in [0.2, 0.25) is 5.91 Å². The van der Waals surface area contributed by atoms with Crippen LogP contribution in [0.25, 0.3) is 0 Å². The number of rotatable bonds is 5. The molecule has 1 amide bonds. The van der Waals surface area contributed by atoms with Crippen LogP contribution in [0, 0.1) is 5.92 Å². The topological polar surface area (TPSA) is 89.9 Å². The van der Waals surface area contributed by atoms with E-state index in [9.17, 15) is 19.8 Å². The van der Waals surface area contributed by atoms with Gasteiger partial charge in [-0.15, -0.1) is 0 Å². The molecule has 2 rings (SSSR count). The Morgan fingerprint density at radius 1 is 1.55 bits per heavy atom. The molecule has 0 bridgehead atoms. The zero-order valence-corrected chi connectivity index (χ0v) is 11.2. The smallest absolute Gasteiger partial charge is 0.223 e. The summed E-state index contributed by atoms with van der Waals surface area (Å²) in [6, 6.07) is 4.83. The first kappa shape index (κ1) is 14.2. The number of ether oxygens (including phenoxy) is 1. The summed E-state index contributed by atoms with van der Waals surface area (Å²) in [5, 5.41) is 20.4. The fourth-order valence-electron chi connectivity index (χ4n) is 2.23. The van der Waals surface area contributed by atoms with Crippen LogP contribution in [0.2, 0.25) is 0 Å². The summed E-state index contributed by atoms with van der Waals surface area (Å²) in [4.78, 5) is 24.0. The Hall–Kier alpha value is -2.24. The fourth-order valence-corrected chi connectivity index (χ4v) is 2.23. The average Bonchev–Trinajstić information content (AvgIpc) is 2.76. The van der Waals surface area contributed by atoms with E-state index in [2.05, 4.69) is 0 Å². The first-order valence-electron chi connectivity index (χ1n) is 6.44. The highest BCUT2D eigenvalue weighted by atomic mass is 16.5. The largest absolute Gasteiger partial charge is 0.550 e. The predicted molar refractivity (Wildman–Crippen MR) is 67.8 cm³/mol. The van der Waals surface area contributed by atoms with Crippen molar-refractivity contribution in [3.8, 4) is 11.5 Å². The molecule has 0 unspecified atom stereocenters. The van der Waals surface area contributed by atoms with Crippen molar-refractivity contribution < 1.29 is 24.5 Å². The number of likely N-dealkylation sites (tertiary alicyclic amines) is 1. The van der Waals surface area contributed by atoms with Gasteiger partial charge < -0.3 is 24.6 Å². The van der Waals surface area contributed by atoms with Gasteiger partial charge in [0.25, 0.3) is 0 Å². The van der Waals surface area contributed by atoms with Gasteiger partial charge >= 0.3 is 0 Å². The zero-order chi connectivity index (χ0) is 14.7. The van der Waals surface area contributed by atoms with Gasteiger partial charge in [0.15, 0.2) is 11.5 Å². The van der Waals surface area contributed by atoms with Crippen molar-refractivity contribution in [3.63, 3.8) is 0 Å². The molecule has 6 heteroatoms. The van der Waals surface area contributed by atoms with Crippen molar-refractivity contribution in [3.05, 3.63) is 23.8 Å². The number of nitrogens with zero attached hydrogens (tertiary/aromatic N) is 1. The van der Waals surface area contributed by atoms with E-state index >= 15 is 0 Å². The third kappa shape index (κ3) is 3.01. The summed E-state index contributed by atoms with van der Waals surface area (Å²) in [6.07, 6.45) is -0.0151. The second-order valence-electron chi connectivity index (χ2n) is 4.73. The van der Waals surface area contributed by atoms with Crippen molar-refractivity contribution >= 4 is 11.9 Å². The molecule has 6 nitrogen and oxygen atoms in total. The lowest BCUT2D eigenvalue weighted by Crippen LogP contribution is -2.33. The zero-order valence-electron chi connectivity index (χ0n) is 11.2. The van der Waals surface area contributed by atoms with E-state index in [1.807, 2.05) is 0 Å². The molecule has 20 heavy (non-hydrogen) atoms. The Morgan fingerprint density at radius 2 is 2.30 bits per heavy atom. The minimum Gasteiger partial charge on any atom is -0.550 e. The van der Waals surface area contributed by atoms with Crippen LogP contribution < -0.4 is 9.84 Å². The summed E-state index contributed by atoms with van der Waals surface area (Å²) in [6.45, 7) is 2.68. The number of phenols is 1. The molecule has 0 radical (unpaired) electrons. The van der Waals surface area contributed by atoms with Gasteiger partial charge in [0, 0.05) is 31.4 Å². The summed E-state index contributed by atoms with van der Waals surface area (Å²) in [7, 11) is 0. The predicted octanol–water partition coefficient (Wildman–Crippen LogP) is -0.111. The van der Waals surface area contributed by atoms with Gasteiger partial charge in [-0.05, 0) is 24.6 Å². The van der Waals surface area contributed by atoms with Crippen LogP contribution in [0.5, 0.6) is 11.5 Å². The molecule has 0 aromatic heterocycles. The third-order valence-corrected chi connectivity index (χ3v) is 3.25. The van der Waals surface area contributed by atoms with E-state index in [0.29, 0.717) is 18.9 Å². The number of hydrogen-bond donors (Lipinski definition) is 1. The lowest BCUT2D eigenvalue weighted by Gasteiger charge is -2.18. The number of benzene rings is 1. The SMILES string of the molecule is CCOc1cc(CN2C[C@H](C(=O)[O-])CC2=O)ccc1O. The summed E-state index contributed by atoms with van der Waals surface area (Å²) >= 11 is 0. The van der Waals surface area contributed by atoms with Crippen molar-refractivity contribution in [2.75, 3.05) is 13.2 Å². The monoisotopic (exact) mass is 278 g/mol. The highest BCUT2D eigenvalue weighted by molar-refractivity contribution is 5.85. The Labute approximate surface area is 116 Å². The first-order chi connectivity index (χ1) is 9.51. The van der Waals surface area contributed by atoms with E-state index in [1.165, 1.54) is 11.0 Å². The number of carboxylic acid groups (broad SMARTS) is 1. The van der Waals surface area contributed by atoms with E-state index in [1.54, 1.807) is 19.1 Å². The summed E-state index contributed by atoms with van der Waals surface area (Å²) in [5.74, 6) is -1.75. The standard InChI is InChI=1S/C14H17NO5/c1-2-20-12-5-9(3-4-11(12)16)7-15-8-10(14(18)19)6-13(15)17/h3-5,10,16H,2,6-8H2,1H3,(H,18,19)/p-1/t10-/m1/s1. The van der Waals surface area contributed by atoms with Crippen LogP contribution in [-0.2, 0) is 16.1 Å². The lowest BCUT2D eigenvalue weighted by molar-refractivity contribution is -0.311. The maximum absolute atomic E-state index is 11.7. The van der Waals surface area contributed by atoms with E-state index in [-0.39, 0.29) is 24.6 Å². The van der Waals surface area contributed by atoms with Crippen LogP contribution in [0.3, 0.4) is 0 Å². The summed E-state index contributed by atoms with van der Waals surface area (Å²) < 4.78 is 5.27. The number of aliphatic carboxylic acids is 1. The van der Waals surface area contributed by atoms with Gasteiger partial charge in [-0.2, -0.15) is 0 Å². The molecule has 1 N–H and O–H groups in total. The fraction of sp³-hybridized carbons (Fsp3) is 0.429. The van der Waals surface area contributed by atoms with Gasteiger partial charge in [0.1, 0.15) is 0 Å². The Morgan fingerprint density at radius 3 is 2.90 bits per heavy atom. The Kier molecular flexibility index (Phi) is 4.12. The highest BCUT2D eigenvalue weighted by Gasteiger charge is 2.30. The molecular weight excluding hydrogens is 262 g/mol. The number of hydrogen-bond acceptors (Lipinski definition) is 5. The summed E-state index contributed by atoms with van der Waals surface area (Å²) in [5.41, 5.74) is 0.776. The van der Waals surface area contributed by atoms with Crippen LogP contribution in [0.15, 0.2) is 18.2 Å². The molecule has 1 aromatic carbocycles. The normalized spacial score (nSPS) is 18.4. The first-order valence-corrected chi connectivity index (χ1v) is 6.44. The second-order valence-corrected chi connectivity index (χ2v) is 4.73. The highest BCUT2D eigenvalue weighted by Crippen LogP contribution is 2.28. The second kappa shape index (κ2) is 5.81. The molecule has 1 saturated heterocycles. The number of aromatic hydroxyl groups is 1. The van der Waals surface area contributed by atoms with Gasteiger partial charge in [-0.1, -0.05) is 6.07 Å². The number of carbonyl (C=O) groups is 2. The maximum atomic E-state index is 11.7. The molecule has 0 aliphatic carbocycles. The lowest BCUT2D eigenvalue weighted by atomic mass is 10.1. The average molecular weight is 278 g/mol. The van der Waals surface area contributed by atoms with E-state index < -0.39 is 11.9 Å². The van der Waals surface area contributed by atoms with Crippen LogP contribution >= 0.6 is 0 Å². The molecule has 0 saturated carbocycles. The maximum Gasteiger partial charge on any atom is 0.223 e. The Balaban J connectivity index is 2.08. The number of carboxylic acids is 1. The van der Waals surface area contributed by atoms with Crippen LogP contribution in [-0.4, -0.2) is 35.0 Å². The van der Waals surface area contributed by atoms with Crippen molar-refractivity contribution in [2.24, 2.45) is 5.92 Å². The van der Waals surface area contributed by atoms with E-state index in [0.717, 1.165) is 5.56 Å². The third-order valence-electron chi connectivity index (χ3n) is 3.25. The molecule has 1 fully saturated rings. The molecule has 1 aliphatic heterocycles. The molecule has 1 aliphatic rings. The van der Waals surface area contributed by atoms with Crippen LogP contribution in [0.1, 0.15) is 18.9 Å². The molecular formula is C14H16NO5-. The number of carbonyl (C=O) groups excluding carboxylic acids is 2. The minimum absolute atomic E-state index is 0.0151. The van der Waals surface area contributed by atoms with Gasteiger partial charge in [-0.3, -0.25) is 4.79 Å². The molecule has 1 atom stereocenters. The van der Waals surface area contributed by atoms with Crippen LogP contribution in [0.4, 0.5) is 0 Å². The number of amides is 1. The van der Waals surface area contributed by atoms with Crippen molar-refractivity contribution in [1.82, 2.24) is 4.90 Å². The van der Waals surface area contributed by atoms with Crippen molar-refractivity contribution in [2.45, 2.75) is 19.9 Å². The van der Waals surface area contributed by atoms with Crippen molar-refractivity contribution in [1.29, 1.82) is 0 Å². The Bertz CT molecular complexity index is 528. The molecule has 1 heterocycles. The number of phenolic OH excluding ortho intramolecular Hbond substituents is 1. The molecule has 1 aromatic rings. The minimum atomic E-state index is -1.19. The van der Waals surface area contributed by atoms with Gasteiger partial charge in [-0.25, -0.2) is 0 Å². The van der Waals surface area contributed by atoms with E-state index in [4.69, 9.17) is 4.74 Å².